The van der Waals surface area contributed by atoms with Crippen LogP contribution in [-0.2, 0) is 54.8 Å². The first-order chi connectivity index (χ1) is 18.9. The van der Waals surface area contributed by atoms with Gasteiger partial charge in [0.2, 0.25) is 17.3 Å². The van der Waals surface area contributed by atoms with Crippen LogP contribution in [0.5, 0.6) is 0 Å². The molecule has 224 valence electrons. The molecule has 1 aliphatic heterocycles. The third-order valence-electron chi connectivity index (χ3n) is 5.18. The van der Waals surface area contributed by atoms with E-state index in [2.05, 4.69) is 16.0 Å². The largest absolute Gasteiger partial charge is 0.459 e. The Balaban J connectivity index is 2.03. The van der Waals surface area contributed by atoms with Gasteiger partial charge in [-0.25, -0.2) is 0 Å². The number of hydrogen-bond acceptors (Lipinski definition) is 11. The number of nitrogens with one attached hydrogen (secondary N) is 3. The van der Waals surface area contributed by atoms with Crippen LogP contribution in [0.1, 0.15) is 46.5 Å². The number of esters is 1. The van der Waals surface area contributed by atoms with Gasteiger partial charge in [-0.05, 0) is 51.8 Å². The van der Waals surface area contributed by atoms with Gasteiger partial charge in [0.05, 0.1) is 39.8 Å². The van der Waals surface area contributed by atoms with E-state index in [0.29, 0.717) is 25.8 Å². The molecular formula is C25H39N4O9PS. The molecule has 3 N–H and O–H groups in total. The van der Waals surface area contributed by atoms with E-state index in [-0.39, 0.29) is 77.2 Å². The molecule has 40 heavy (non-hydrogen) atoms. The smallest absolute Gasteiger partial charge is 0.320 e. The van der Waals surface area contributed by atoms with E-state index in [9.17, 15) is 28.8 Å². The Labute approximate surface area is 240 Å². The van der Waals surface area contributed by atoms with Crippen LogP contribution in [0.4, 0.5) is 0 Å². The van der Waals surface area contributed by atoms with Gasteiger partial charge in [0, 0.05) is 38.2 Å². The minimum Gasteiger partial charge on any atom is -0.459 e. The molecule has 0 bridgehead atoms. The van der Waals surface area contributed by atoms with Crippen molar-refractivity contribution in [3.05, 3.63) is 12.2 Å². The van der Waals surface area contributed by atoms with Gasteiger partial charge in [0.25, 0.3) is 11.8 Å². The number of unbranched alkanes of at least 4 members (excludes halogenated alkanes) is 1. The lowest BCUT2D eigenvalue weighted by Crippen LogP contribution is -2.40. The first-order valence-corrected chi connectivity index (χ1v) is 14.9. The van der Waals surface area contributed by atoms with Crippen molar-refractivity contribution >= 4 is 54.3 Å². The maximum absolute atomic E-state index is 12.1. The SMILES string of the molecule is CC(C)(C)OC(=O)CN[C@@H](CCCCNC(=O)COCCOCCNC(=O)CCN1C(=O)C=CC1=O)C(=O)P=S. The van der Waals surface area contributed by atoms with Gasteiger partial charge in [-0.3, -0.25) is 39.0 Å². The Kier molecular flexibility index (Phi) is 17.2. The summed E-state index contributed by atoms with van der Waals surface area (Å²) in [4.78, 5) is 71.5. The summed E-state index contributed by atoms with van der Waals surface area (Å²) in [6.45, 7) is 6.44. The molecule has 15 heteroatoms. The van der Waals surface area contributed by atoms with E-state index in [1.165, 1.54) is 12.2 Å². The number of carbonyl (C=O) groups excluding carboxylic acids is 6. The van der Waals surface area contributed by atoms with Crippen LogP contribution < -0.4 is 16.0 Å². The highest BCUT2D eigenvalue weighted by molar-refractivity contribution is 8.03. The standard InChI is InChI=1S/C25H39N4O9PS/c1-25(2,3)38-23(34)16-28-18(24(35)39-40)6-4-5-10-26-20(31)17-37-15-14-36-13-11-27-19(30)9-12-29-21(32)7-8-22(29)33/h7-8,18,28H,4-6,9-17H2,1-3H3,(H,26,31)(H,27,30)/t18-/m0/s1. The fraction of sp³-hybridized carbons (Fsp3) is 0.680. The Morgan fingerprint density at radius 2 is 1.60 bits per heavy atom. The van der Waals surface area contributed by atoms with E-state index in [4.69, 9.17) is 26.0 Å². The summed E-state index contributed by atoms with van der Waals surface area (Å²) in [5, 5.41) is 8.27. The molecule has 0 aromatic rings. The van der Waals surface area contributed by atoms with Crippen molar-refractivity contribution in [1.29, 1.82) is 0 Å². The first kappa shape index (κ1) is 35.4. The molecule has 0 fully saturated rings. The van der Waals surface area contributed by atoms with E-state index < -0.39 is 29.4 Å². The molecular weight excluding hydrogens is 563 g/mol. The molecule has 1 aliphatic rings. The second-order valence-electron chi connectivity index (χ2n) is 9.72. The lowest BCUT2D eigenvalue weighted by atomic mass is 10.1. The average Bonchev–Trinajstić information content (AvgIpc) is 3.21. The maximum atomic E-state index is 12.1. The lowest BCUT2D eigenvalue weighted by molar-refractivity contribution is -0.153. The van der Waals surface area contributed by atoms with Gasteiger partial charge < -0.3 is 24.8 Å². The molecule has 0 unspecified atom stereocenters. The molecule has 1 atom stereocenters. The summed E-state index contributed by atoms with van der Waals surface area (Å²) in [6, 6.07) is -0.553. The molecule has 13 nitrogen and oxygen atoms in total. The van der Waals surface area contributed by atoms with Crippen LogP contribution in [0.3, 0.4) is 0 Å². The third-order valence-corrected chi connectivity index (χ3v) is 6.21. The van der Waals surface area contributed by atoms with Gasteiger partial charge in [-0.2, -0.15) is 0 Å². The van der Waals surface area contributed by atoms with Crippen molar-refractivity contribution in [3.8, 4) is 0 Å². The summed E-state index contributed by atoms with van der Waals surface area (Å²) < 4.78 is 15.8. The molecule has 0 saturated heterocycles. The highest BCUT2D eigenvalue weighted by atomic mass is 32.4. The van der Waals surface area contributed by atoms with Crippen LogP contribution >= 0.6 is 7.36 Å². The minimum absolute atomic E-state index is 0.00923. The van der Waals surface area contributed by atoms with E-state index in [1.807, 2.05) is 0 Å². The maximum Gasteiger partial charge on any atom is 0.320 e. The van der Waals surface area contributed by atoms with E-state index >= 15 is 0 Å². The fourth-order valence-corrected chi connectivity index (χ4v) is 4.04. The summed E-state index contributed by atoms with van der Waals surface area (Å²) >= 11 is 4.83. The number of amides is 4. The van der Waals surface area contributed by atoms with Crippen molar-refractivity contribution in [1.82, 2.24) is 20.9 Å². The van der Waals surface area contributed by atoms with Crippen molar-refractivity contribution < 1.29 is 43.0 Å². The molecule has 0 saturated carbocycles. The number of nitrogens with zero attached hydrogens (tertiary/aromatic N) is 1. The zero-order valence-corrected chi connectivity index (χ0v) is 24.9. The van der Waals surface area contributed by atoms with Crippen molar-refractivity contribution in [2.45, 2.75) is 58.1 Å². The number of ether oxygens (including phenoxy) is 3. The monoisotopic (exact) mass is 602 g/mol. The first-order valence-electron chi connectivity index (χ1n) is 13.0. The molecule has 1 heterocycles. The summed E-state index contributed by atoms with van der Waals surface area (Å²) in [6.07, 6.45) is 4.10. The van der Waals surface area contributed by atoms with Gasteiger partial charge in [-0.1, -0.05) is 0 Å². The Morgan fingerprint density at radius 3 is 2.25 bits per heavy atom. The molecule has 0 aromatic carbocycles. The van der Waals surface area contributed by atoms with Gasteiger partial charge >= 0.3 is 5.97 Å². The molecule has 4 amide bonds. The van der Waals surface area contributed by atoms with Crippen LogP contribution in [0.25, 0.3) is 0 Å². The molecule has 0 spiro atoms. The normalized spacial score (nSPS) is 13.9. The summed E-state index contributed by atoms with van der Waals surface area (Å²) in [5.41, 5.74) is -0.796. The topological polar surface area (TPSA) is 169 Å². The average molecular weight is 603 g/mol. The molecule has 0 radical (unpaired) electrons. The van der Waals surface area contributed by atoms with Gasteiger partial charge in [0.1, 0.15) is 12.2 Å². The van der Waals surface area contributed by atoms with Crippen molar-refractivity contribution in [3.63, 3.8) is 0 Å². The number of carbonyl (C=O) groups is 6. The van der Waals surface area contributed by atoms with Crippen LogP contribution in [0.2, 0.25) is 0 Å². The Morgan fingerprint density at radius 1 is 0.950 bits per heavy atom. The number of imide groups is 1. The molecule has 0 aliphatic carbocycles. The van der Waals surface area contributed by atoms with Crippen LogP contribution in [0.15, 0.2) is 12.2 Å². The van der Waals surface area contributed by atoms with Crippen molar-refractivity contribution in [2.24, 2.45) is 0 Å². The minimum atomic E-state index is -0.607. The summed E-state index contributed by atoms with van der Waals surface area (Å²) in [5.74, 6) is -1.88. The van der Waals surface area contributed by atoms with Gasteiger partial charge in [-0.15, -0.1) is 0 Å². The Bertz CT molecular complexity index is 922. The predicted molar refractivity (Wildman–Crippen MR) is 149 cm³/mol. The third kappa shape index (κ3) is 16.5. The predicted octanol–water partition coefficient (Wildman–Crippen LogP) is -0.0280. The highest BCUT2D eigenvalue weighted by Crippen LogP contribution is 2.10. The van der Waals surface area contributed by atoms with E-state index in [0.717, 1.165) is 4.90 Å². The second-order valence-corrected chi connectivity index (χ2v) is 10.9. The fourth-order valence-electron chi connectivity index (χ4n) is 3.31. The number of rotatable bonds is 21. The molecule has 0 aromatic heterocycles. The van der Waals surface area contributed by atoms with Gasteiger partial charge in [0.15, 0.2) is 0 Å². The highest BCUT2D eigenvalue weighted by Gasteiger charge is 2.23. The summed E-state index contributed by atoms with van der Waals surface area (Å²) in [7, 11) is 0.191. The zero-order valence-electron chi connectivity index (χ0n) is 23.2. The van der Waals surface area contributed by atoms with E-state index in [1.54, 1.807) is 20.8 Å². The quantitative estimate of drug-likeness (QED) is 0.0698. The zero-order chi connectivity index (χ0) is 30.0. The second kappa shape index (κ2) is 19.4. The van der Waals surface area contributed by atoms with Crippen molar-refractivity contribution in [2.75, 3.05) is 52.6 Å². The Hall–Kier alpha value is -2.64. The number of hydrogen-bond donors (Lipinski definition) is 3. The lowest BCUT2D eigenvalue weighted by Gasteiger charge is -2.21. The van der Waals surface area contributed by atoms with Crippen LogP contribution in [0, 0.1) is 0 Å². The molecule has 1 rings (SSSR count). The van der Waals surface area contributed by atoms with Crippen LogP contribution in [-0.4, -0.2) is 104 Å².